The Hall–Kier alpha value is -2.66. The topological polar surface area (TPSA) is 92.3 Å². The summed E-state index contributed by atoms with van der Waals surface area (Å²) in [5.74, 6) is 1.23. The fraction of sp³-hybridized carbons (Fsp3) is 0.300. The lowest BCUT2D eigenvalue weighted by Crippen LogP contribution is -2.12. The first-order valence-electron chi connectivity index (χ1n) is 9.30. The van der Waals surface area contributed by atoms with E-state index in [-0.39, 0.29) is 17.3 Å². The van der Waals surface area contributed by atoms with Crippen molar-refractivity contribution in [1.29, 1.82) is 0 Å². The van der Waals surface area contributed by atoms with Crippen LogP contribution in [0.5, 0.6) is 11.5 Å². The standard InChI is InChI=1S/C20H20BrFN4O4S/c1-4-30-18-10-16(21)15(9-17(18)29-3)19(11-25(27)28)31-20-24-23-12(2)26(20)14-7-5-13(22)6-8-14/h5-10,19H,4,11H2,1-3H3/t19-/m1/s1. The molecule has 3 rings (SSSR count). The van der Waals surface area contributed by atoms with Crippen LogP contribution < -0.4 is 9.47 Å². The molecule has 1 heterocycles. The van der Waals surface area contributed by atoms with Crippen LogP contribution in [-0.4, -0.2) is 39.9 Å². The Morgan fingerprint density at radius 2 is 1.97 bits per heavy atom. The Labute approximate surface area is 191 Å². The van der Waals surface area contributed by atoms with Crippen LogP contribution in [0.25, 0.3) is 5.69 Å². The van der Waals surface area contributed by atoms with Crippen LogP contribution in [0, 0.1) is 22.9 Å². The van der Waals surface area contributed by atoms with Crippen molar-refractivity contribution in [3.63, 3.8) is 0 Å². The Bertz CT molecular complexity index is 1080. The van der Waals surface area contributed by atoms with Crippen molar-refractivity contribution in [2.75, 3.05) is 20.3 Å². The number of thioether (sulfide) groups is 1. The molecule has 2 aromatic carbocycles. The third kappa shape index (κ3) is 5.34. The third-order valence-electron chi connectivity index (χ3n) is 4.37. The maximum Gasteiger partial charge on any atom is 0.220 e. The minimum atomic E-state index is -0.600. The fourth-order valence-corrected chi connectivity index (χ4v) is 4.95. The highest BCUT2D eigenvalue weighted by Crippen LogP contribution is 2.43. The van der Waals surface area contributed by atoms with Crippen LogP contribution in [0.2, 0.25) is 0 Å². The number of nitrogens with zero attached hydrogens (tertiary/aromatic N) is 4. The molecule has 11 heteroatoms. The second-order valence-electron chi connectivity index (χ2n) is 6.42. The molecule has 1 atom stereocenters. The Balaban J connectivity index is 2.03. The number of nitro groups is 1. The van der Waals surface area contributed by atoms with E-state index in [4.69, 9.17) is 9.47 Å². The van der Waals surface area contributed by atoms with Crippen molar-refractivity contribution < 1.29 is 18.8 Å². The number of aryl methyl sites for hydroxylation is 1. The van der Waals surface area contributed by atoms with Gasteiger partial charge in [0.1, 0.15) is 16.9 Å². The van der Waals surface area contributed by atoms with E-state index in [2.05, 4.69) is 26.1 Å². The molecule has 0 aliphatic rings. The van der Waals surface area contributed by atoms with E-state index < -0.39 is 5.25 Å². The maximum atomic E-state index is 13.4. The number of hydrogen-bond donors (Lipinski definition) is 0. The van der Waals surface area contributed by atoms with E-state index in [1.807, 2.05) is 6.92 Å². The Morgan fingerprint density at radius 1 is 1.26 bits per heavy atom. The first-order chi connectivity index (χ1) is 14.8. The highest BCUT2D eigenvalue weighted by atomic mass is 79.9. The molecule has 0 amide bonds. The number of methoxy groups -OCH3 is 1. The summed E-state index contributed by atoms with van der Waals surface area (Å²) in [6.45, 7) is 3.72. The van der Waals surface area contributed by atoms with E-state index in [1.165, 1.54) is 31.0 Å². The van der Waals surface area contributed by atoms with Gasteiger partial charge in [-0.05, 0) is 55.8 Å². The minimum absolute atomic E-state index is 0.351. The molecule has 0 aliphatic carbocycles. The Kier molecular flexibility index (Phi) is 7.50. The minimum Gasteiger partial charge on any atom is -0.493 e. The summed E-state index contributed by atoms with van der Waals surface area (Å²) in [4.78, 5) is 11.1. The van der Waals surface area contributed by atoms with Gasteiger partial charge in [0.05, 0.1) is 13.7 Å². The van der Waals surface area contributed by atoms with E-state index in [0.717, 1.165) is 0 Å². The van der Waals surface area contributed by atoms with Crippen LogP contribution in [0.1, 0.15) is 23.6 Å². The lowest BCUT2D eigenvalue weighted by molar-refractivity contribution is -0.479. The molecule has 1 aromatic heterocycles. The largest absolute Gasteiger partial charge is 0.493 e. The summed E-state index contributed by atoms with van der Waals surface area (Å²) in [5.41, 5.74) is 1.32. The first kappa shape index (κ1) is 23.0. The number of aromatic nitrogens is 3. The summed E-state index contributed by atoms with van der Waals surface area (Å²) in [6, 6.07) is 9.35. The molecule has 0 spiro atoms. The number of halogens is 2. The van der Waals surface area contributed by atoms with Crippen molar-refractivity contribution >= 4 is 27.7 Å². The normalized spacial score (nSPS) is 11.9. The molecular weight excluding hydrogens is 491 g/mol. The van der Waals surface area contributed by atoms with Gasteiger partial charge in [-0.2, -0.15) is 0 Å². The fourth-order valence-electron chi connectivity index (χ4n) is 2.99. The Morgan fingerprint density at radius 3 is 2.58 bits per heavy atom. The highest BCUT2D eigenvalue weighted by Gasteiger charge is 2.27. The van der Waals surface area contributed by atoms with Crippen molar-refractivity contribution in [2.45, 2.75) is 24.3 Å². The van der Waals surface area contributed by atoms with Gasteiger partial charge in [-0.25, -0.2) is 4.39 Å². The molecule has 8 nitrogen and oxygen atoms in total. The predicted octanol–water partition coefficient (Wildman–Crippen LogP) is 4.99. The molecule has 0 unspecified atom stereocenters. The molecule has 0 radical (unpaired) electrons. The number of benzene rings is 2. The molecule has 0 N–H and O–H groups in total. The van der Waals surface area contributed by atoms with Gasteiger partial charge in [-0.3, -0.25) is 14.7 Å². The number of ether oxygens (including phenoxy) is 2. The van der Waals surface area contributed by atoms with E-state index in [0.29, 0.717) is 44.8 Å². The van der Waals surface area contributed by atoms with Crippen LogP contribution in [0.3, 0.4) is 0 Å². The van der Waals surface area contributed by atoms with Gasteiger partial charge in [0.15, 0.2) is 16.7 Å². The van der Waals surface area contributed by atoms with Gasteiger partial charge >= 0.3 is 0 Å². The number of rotatable bonds is 9. The lowest BCUT2D eigenvalue weighted by Gasteiger charge is -2.18. The molecule has 3 aromatic rings. The highest BCUT2D eigenvalue weighted by molar-refractivity contribution is 9.10. The zero-order valence-electron chi connectivity index (χ0n) is 17.0. The summed E-state index contributed by atoms with van der Waals surface area (Å²) in [6.07, 6.45) is 0. The van der Waals surface area contributed by atoms with Crippen molar-refractivity contribution in [3.05, 3.63) is 68.2 Å². The third-order valence-corrected chi connectivity index (χ3v) is 6.22. The smallest absolute Gasteiger partial charge is 0.220 e. The van der Waals surface area contributed by atoms with Gasteiger partial charge in [0, 0.05) is 15.1 Å². The average molecular weight is 511 g/mol. The quantitative estimate of drug-likeness (QED) is 0.227. The molecule has 164 valence electrons. The van der Waals surface area contributed by atoms with Crippen molar-refractivity contribution in [1.82, 2.24) is 14.8 Å². The van der Waals surface area contributed by atoms with Gasteiger partial charge in [-0.15, -0.1) is 10.2 Å². The van der Waals surface area contributed by atoms with E-state index in [1.54, 1.807) is 35.8 Å². The van der Waals surface area contributed by atoms with Gasteiger partial charge in [0.25, 0.3) is 0 Å². The SMILES string of the molecule is CCOc1cc(Br)c([C@@H](C[N+](=O)[O-])Sc2nnc(C)n2-c2ccc(F)cc2)cc1OC. The van der Waals surface area contributed by atoms with E-state index in [9.17, 15) is 14.5 Å². The van der Waals surface area contributed by atoms with E-state index >= 15 is 0 Å². The summed E-state index contributed by atoms with van der Waals surface area (Å²) in [5, 5.41) is 19.6. The van der Waals surface area contributed by atoms with Gasteiger partial charge in [0.2, 0.25) is 6.54 Å². The van der Waals surface area contributed by atoms with Crippen LogP contribution in [-0.2, 0) is 0 Å². The van der Waals surface area contributed by atoms with Crippen molar-refractivity contribution in [3.8, 4) is 17.2 Å². The van der Waals surface area contributed by atoms with Crippen LogP contribution >= 0.6 is 27.7 Å². The van der Waals surface area contributed by atoms with Gasteiger partial charge in [-0.1, -0.05) is 27.7 Å². The molecule has 0 aliphatic heterocycles. The molecule has 0 bridgehead atoms. The van der Waals surface area contributed by atoms with Crippen LogP contribution in [0.4, 0.5) is 4.39 Å². The second kappa shape index (κ2) is 10.1. The molecule has 0 saturated heterocycles. The average Bonchev–Trinajstić information content (AvgIpc) is 3.08. The zero-order valence-corrected chi connectivity index (χ0v) is 19.4. The monoisotopic (exact) mass is 510 g/mol. The predicted molar refractivity (Wildman–Crippen MR) is 118 cm³/mol. The van der Waals surface area contributed by atoms with Crippen LogP contribution in [0.15, 0.2) is 46.0 Å². The summed E-state index contributed by atoms with van der Waals surface area (Å²) < 4.78 is 26.7. The van der Waals surface area contributed by atoms with Crippen molar-refractivity contribution in [2.24, 2.45) is 0 Å². The first-order valence-corrected chi connectivity index (χ1v) is 11.0. The lowest BCUT2D eigenvalue weighted by atomic mass is 10.1. The zero-order chi connectivity index (χ0) is 22.5. The summed E-state index contributed by atoms with van der Waals surface area (Å²) in [7, 11) is 1.51. The molecule has 31 heavy (non-hydrogen) atoms. The molecular formula is C20H20BrFN4O4S. The molecule has 0 fully saturated rings. The number of hydrogen-bond acceptors (Lipinski definition) is 7. The van der Waals surface area contributed by atoms with Gasteiger partial charge < -0.3 is 9.47 Å². The molecule has 0 saturated carbocycles. The maximum absolute atomic E-state index is 13.4. The second-order valence-corrected chi connectivity index (χ2v) is 8.45. The summed E-state index contributed by atoms with van der Waals surface area (Å²) >= 11 is 4.70.